The first kappa shape index (κ1) is 12.5. The maximum atomic E-state index is 5.50. The van der Waals surface area contributed by atoms with E-state index in [1.54, 1.807) is 0 Å². The first-order valence-corrected chi connectivity index (χ1v) is 6.35. The van der Waals surface area contributed by atoms with Crippen molar-refractivity contribution in [3.05, 3.63) is 10.8 Å². The van der Waals surface area contributed by atoms with Gasteiger partial charge in [0.15, 0.2) is 5.82 Å². The van der Waals surface area contributed by atoms with E-state index in [2.05, 4.69) is 43.6 Å². The highest BCUT2D eigenvalue weighted by Gasteiger charge is 2.20. The molecule has 2 heterocycles. The molecule has 0 bridgehead atoms. The van der Waals surface area contributed by atoms with E-state index >= 15 is 0 Å². The lowest BCUT2D eigenvalue weighted by Gasteiger charge is -2.28. The Morgan fingerprint density at radius 1 is 1.47 bits per heavy atom. The van der Waals surface area contributed by atoms with Crippen LogP contribution < -0.4 is 16.6 Å². The monoisotopic (exact) mass is 301 g/mol. The number of aromatic nitrogens is 2. The summed E-state index contributed by atoms with van der Waals surface area (Å²) in [6.45, 7) is 2.86. The van der Waals surface area contributed by atoms with Crippen LogP contribution in [-0.4, -0.2) is 28.7 Å². The van der Waals surface area contributed by atoms with E-state index in [1.807, 2.05) is 0 Å². The molecule has 7 heteroatoms. The van der Waals surface area contributed by atoms with Gasteiger partial charge in [0.05, 0.1) is 6.10 Å². The second kappa shape index (κ2) is 5.61. The number of ether oxygens (including phenoxy) is 1. The Labute approximate surface area is 108 Å². The lowest BCUT2D eigenvalue weighted by Crippen LogP contribution is -2.33. The molecule has 2 rings (SSSR count). The maximum absolute atomic E-state index is 5.50. The summed E-state index contributed by atoms with van der Waals surface area (Å²) in [5.74, 6) is 6.69. The molecule has 1 fully saturated rings. The van der Waals surface area contributed by atoms with Gasteiger partial charge in [0, 0.05) is 12.6 Å². The fourth-order valence-electron chi connectivity index (χ4n) is 1.89. The van der Waals surface area contributed by atoms with E-state index < -0.39 is 0 Å². The van der Waals surface area contributed by atoms with Crippen molar-refractivity contribution in [1.29, 1.82) is 0 Å². The van der Waals surface area contributed by atoms with Gasteiger partial charge >= 0.3 is 0 Å². The van der Waals surface area contributed by atoms with Gasteiger partial charge in [0.25, 0.3) is 0 Å². The third kappa shape index (κ3) is 3.05. The average Bonchev–Trinajstić information content (AvgIpc) is 2.32. The Morgan fingerprint density at radius 3 is 2.94 bits per heavy atom. The molecule has 0 amide bonds. The topological polar surface area (TPSA) is 85.1 Å². The van der Waals surface area contributed by atoms with Gasteiger partial charge in [-0.05, 0) is 35.7 Å². The van der Waals surface area contributed by atoms with Crippen LogP contribution in [0.1, 0.15) is 19.8 Å². The van der Waals surface area contributed by atoms with Crippen LogP contribution in [0.25, 0.3) is 0 Å². The predicted octanol–water partition coefficient (Wildman–Crippen LogP) is 1.50. The number of nitrogens with zero attached hydrogens (tertiary/aromatic N) is 2. The molecule has 2 atom stereocenters. The van der Waals surface area contributed by atoms with Crippen molar-refractivity contribution in [2.24, 2.45) is 5.84 Å². The second-order valence-corrected chi connectivity index (χ2v) is 4.87. The van der Waals surface area contributed by atoms with Gasteiger partial charge in [0.1, 0.15) is 16.6 Å². The number of nitrogen functional groups attached to an aromatic ring is 1. The zero-order valence-corrected chi connectivity index (χ0v) is 11.2. The molecule has 0 spiro atoms. The van der Waals surface area contributed by atoms with Gasteiger partial charge in [-0.25, -0.2) is 15.8 Å². The lowest BCUT2D eigenvalue weighted by atomic mass is 10.0. The number of hydrogen-bond acceptors (Lipinski definition) is 6. The zero-order chi connectivity index (χ0) is 12.3. The zero-order valence-electron chi connectivity index (χ0n) is 9.61. The smallest absolute Gasteiger partial charge is 0.159 e. The SMILES string of the molecule is CC1CC(Nc2ncnc(NN)c2Br)CCO1. The molecule has 0 aromatic carbocycles. The molecule has 4 N–H and O–H groups in total. The minimum Gasteiger partial charge on any atom is -0.378 e. The maximum Gasteiger partial charge on any atom is 0.159 e. The second-order valence-electron chi connectivity index (χ2n) is 4.08. The van der Waals surface area contributed by atoms with E-state index in [-0.39, 0.29) is 6.10 Å². The van der Waals surface area contributed by atoms with Crippen molar-refractivity contribution in [3.63, 3.8) is 0 Å². The van der Waals surface area contributed by atoms with Crippen LogP contribution >= 0.6 is 15.9 Å². The molecule has 0 aliphatic carbocycles. The van der Waals surface area contributed by atoms with E-state index in [0.717, 1.165) is 29.7 Å². The molecule has 2 unspecified atom stereocenters. The molecule has 17 heavy (non-hydrogen) atoms. The van der Waals surface area contributed by atoms with Crippen LogP contribution in [-0.2, 0) is 4.74 Å². The summed E-state index contributed by atoms with van der Waals surface area (Å²) in [4.78, 5) is 8.21. The summed E-state index contributed by atoms with van der Waals surface area (Å²) in [7, 11) is 0. The largest absolute Gasteiger partial charge is 0.378 e. The molecule has 0 saturated carbocycles. The summed E-state index contributed by atoms with van der Waals surface area (Å²) in [5.41, 5.74) is 2.52. The third-order valence-corrected chi connectivity index (χ3v) is 3.50. The summed E-state index contributed by atoms with van der Waals surface area (Å²) >= 11 is 3.42. The number of nitrogens with two attached hydrogens (primary N) is 1. The summed E-state index contributed by atoms with van der Waals surface area (Å²) in [5, 5.41) is 3.38. The van der Waals surface area contributed by atoms with E-state index in [9.17, 15) is 0 Å². The van der Waals surface area contributed by atoms with Crippen molar-refractivity contribution in [1.82, 2.24) is 9.97 Å². The highest BCUT2D eigenvalue weighted by Crippen LogP contribution is 2.27. The van der Waals surface area contributed by atoms with Gasteiger partial charge in [0.2, 0.25) is 0 Å². The van der Waals surface area contributed by atoms with Gasteiger partial charge in [-0.1, -0.05) is 0 Å². The van der Waals surface area contributed by atoms with Crippen LogP contribution in [0.4, 0.5) is 11.6 Å². The van der Waals surface area contributed by atoms with Crippen LogP contribution in [0.2, 0.25) is 0 Å². The molecule has 1 aliphatic rings. The van der Waals surface area contributed by atoms with Crippen LogP contribution in [0.5, 0.6) is 0 Å². The fourth-order valence-corrected chi connectivity index (χ4v) is 2.33. The van der Waals surface area contributed by atoms with Crippen molar-refractivity contribution >= 4 is 27.6 Å². The summed E-state index contributed by atoms with van der Waals surface area (Å²) in [6.07, 6.45) is 3.72. The Balaban J connectivity index is 2.07. The first-order valence-electron chi connectivity index (χ1n) is 5.56. The molecular formula is C10H16BrN5O. The predicted molar refractivity (Wildman–Crippen MR) is 69.6 cm³/mol. The van der Waals surface area contributed by atoms with Crippen molar-refractivity contribution in [3.8, 4) is 0 Å². The Kier molecular flexibility index (Phi) is 4.14. The standard InChI is InChI=1S/C10H16BrN5O/c1-6-4-7(2-3-17-6)15-9-8(11)10(16-12)14-5-13-9/h5-7H,2-4,12H2,1H3,(H2,13,14,15,16). The van der Waals surface area contributed by atoms with Gasteiger partial charge in [-0.3, -0.25) is 0 Å². The van der Waals surface area contributed by atoms with Crippen molar-refractivity contribution < 1.29 is 4.74 Å². The number of hydrazine groups is 1. The van der Waals surface area contributed by atoms with Crippen molar-refractivity contribution in [2.75, 3.05) is 17.3 Å². The number of halogens is 1. The third-order valence-electron chi connectivity index (χ3n) is 2.75. The number of nitrogens with one attached hydrogen (secondary N) is 2. The molecule has 1 aromatic rings. The Bertz CT molecular complexity index is 389. The molecule has 1 aromatic heterocycles. The van der Waals surface area contributed by atoms with Crippen molar-refractivity contribution in [2.45, 2.75) is 31.9 Å². The van der Waals surface area contributed by atoms with Crippen LogP contribution in [0.3, 0.4) is 0 Å². The first-order chi connectivity index (χ1) is 8.20. The number of hydrogen-bond donors (Lipinski definition) is 3. The minimum atomic E-state index is 0.286. The molecular weight excluding hydrogens is 286 g/mol. The summed E-state index contributed by atoms with van der Waals surface area (Å²) < 4.78 is 6.26. The molecule has 1 aliphatic heterocycles. The van der Waals surface area contributed by atoms with E-state index in [1.165, 1.54) is 6.33 Å². The number of rotatable bonds is 3. The van der Waals surface area contributed by atoms with E-state index in [0.29, 0.717) is 11.9 Å². The van der Waals surface area contributed by atoms with E-state index in [4.69, 9.17) is 10.6 Å². The van der Waals surface area contributed by atoms with Crippen LogP contribution in [0, 0.1) is 0 Å². The highest BCUT2D eigenvalue weighted by atomic mass is 79.9. The molecule has 1 saturated heterocycles. The molecule has 94 valence electrons. The molecule has 6 nitrogen and oxygen atoms in total. The van der Waals surface area contributed by atoms with Crippen LogP contribution in [0.15, 0.2) is 10.8 Å². The van der Waals surface area contributed by atoms with Gasteiger partial charge in [-0.15, -0.1) is 0 Å². The van der Waals surface area contributed by atoms with Gasteiger partial charge < -0.3 is 15.5 Å². The Hall–Kier alpha value is -0.920. The average molecular weight is 302 g/mol. The number of anilines is 2. The minimum absolute atomic E-state index is 0.286. The fraction of sp³-hybridized carbons (Fsp3) is 0.600. The molecule has 0 radical (unpaired) electrons. The van der Waals surface area contributed by atoms with Gasteiger partial charge in [-0.2, -0.15) is 0 Å². The quantitative estimate of drug-likeness (QED) is 0.579. The highest BCUT2D eigenvalue weighted by molar-refractivity contribution is 9.10. The lowest BCUT2D eigenvalue weighted by molar-refractivity contribution is 0.0231. The normalized spacial score (nSPS) is 24.4. The Morgan fingerprint density at radius 2 is 2.24 bits per heavy atom. The summed E-state index contributed by atoms with van der Waals surface area (Å²) in [6, 6.07) is 0.371.